The fourth-order valence-electron chi connectivity index (χ4n) is 0.711. The van der Waals surface area contributed by atoms with Crippen LogP contribution in [0.3, 0.4) is 0 Å². The minimum Gasteiger partial charge on any atom is -0.498 e. The quantitative estimate of drug-likeness (QED) is 0.333. The Labute approximate surface area is 61.9 Å². The van der Waals surface area contributed by atoms with Crippen LogP contribution in [-0.2, 0) is 9.53 Å². The Balaban J connectivity index is 3.71. The van der Waals surface area contributed by atoms with Gasteiger partial charge in [0, 0.05) is 12.5 Å². The van der Waals surface area contributed by atoms with Crippen molar-refractivity contribution in [3.63, 3.8) is 0 Å². The molecule has 0 unspecified atom stereocenters. The smallest absolute Gasteiger partial charge is 0.146 e. The molecular formula is C8H14O2. The first-order valence-corrected chi connectivity index (χ1v) is 3.62. The molecule has 0 bridgehead atoms. The predicted octanol–water partition coefficient (Wildman–Crippen LogP) is 1.91. The molecule has 0 saturated heterocycles. The number of hydrogen-bond donors (Lipinski definition) is 0. The molecule has 58 valence electrons. The van der Waals surface area contributed by atoms with Gasteiger partial charge in [-0.25, -0.2) is 0 Å². The third-order valence-corrected chi connectivity index (χ3v) is 1.08. The van der Waals surface area contributed by atoms with Crippen molar-refractivity contribution in [3.8, 4) is 0 Å². The summed E-state index contributed by atoms with van der Waals surface area (Å²) in [5.74, 6) is 0.792. The van der Waals surface area contributed by atoms with E-state index in [9.17, 15) is 4.79 Å². The molecule has 0 aliphatic heterocycles. The van der Waals surface area contributed by atoms with Crippen molar-refractivity contribution in [2.24, 2.45) is 0 Å². The van der Waals surface area contributed by atoms with Crippen LogP contribution in [-0.4, -0.2) is 12.9 Å². The Morgan fingerprint density at radius 1 is 1.50 bits per heavy atom. The van der Waals surface area contributed by atoms with Crippen LogP contribution >= 0.6 is 0 Å². The number of ether oxygens (including phenoxy) is 1. The number of carbonyl (C=O) groups excluding carboxylic acids is 1. The second-order valence-electron chi connectivity index (χ2n) is 1.95. The molecule has 0 radical (unpaired) electrons. The number of allylic oxidation sites excluding steroid dienone is 2. The van der Waals surface area contributed by atoms with Gasteiger partial charge in [-0.05, 0) is 13.3 Å². The first kappa shape index (κ1) is 9.21. The molecule has 0 amide bonds. The topological polar surface area (TPSA) is 26.3 Å². The molecule has 0 spiro atoms. The molecule has 0 fully saturated rings. The van der Waals surface area contributed by atoms with Gasteiger partial charge < -0.3 is 4.74 Å². The van der Waals surface area contributed by atoms with E-state index < -0.39 is 0 Å². The van der Waals surface area contributed by atoms with Gasteiger partial charge in [-0.2, -0.15) is 0 Å². The van der Waals surface area contributed by atoms with Gasteiger partial charge in [-0.15, -0.1) is 0 Å². The van der Waals surface area contributed by atoms with Gasteiger partial charge in [0.15, 0.2) is 0 Å². The third-order valence-electron chi connectivity index (χ3n) is 1.08. The average Bonchev–Trinajstić information content (AvgIpc) is 1.90. The largest absolute Gasteiger partial charge is 0.498 e. The van der Waals surface area contributed by atoms with E-state index in [1.165, 1.54) is 6.08 Å². The maximum absolute atomic E-state index is 10.0. The molecule has 0 aromatic carbocycles. The summed E-state index contributed by atoms with van der Waals surface area (Å²) in [6.45, 7) is 4.60. The Morgan fingerprint density at radius 2 is 2.20 bits per heavy atom. The number of carbonyl (C=O) groups is 1. The van der Waals surface area contributed by atoms with Gasteiger partial charge in [0.2, 0.25) is 0 Å². The summed E-state index contributed by atoms with van der Waals surface area (Å²) < 4.78 is 5.15. The normalized spacial score (nSPS) is 11.2. The Hall–Kier alpha value is -0.790. The lowest BCUT2D eigenvalue weighted by Crippen LogP contribution is -1.91. The van der Waals surface area contributed by atoms with E-state index in [0.717, 1.165) is 24.9 Å². The lowest BCUT2D eigenvalue weighted by atomic mass is 10.3. The van der Waals surface area contributed by atoms with Gasteiger partial charge >= 0.3 is 0 Å². The lowest BCUT2D eigenvalue weighted by molar-refractivity contribution is -0.104. The Morgan fingerprint density at radius 3 is 2.60 bits per heavy atom. The zero-order valence-electron chi connectivity index (χ0n) is 6.59. The van der Waals surface area contributed by atoms with Crippen LogP contribution < -0.4 is 0 Å². The number of aldehydes is 1. The highest BCUT2D eigenvalue weighted by molar-refractivity contribution is 5.65. The van der Waals surface area contributed by atoms with E-state index in [4.69, 9.17) is 4.74 Å². The second kappa shape index (κ2) is 6.33. The van der Waals surface area contributed by atoms with Crippen molar-refractivity contribution < 1.29 is 9.53 Å². The van der Waals surface area contributed by atoms with Gasteiger partial charge in [-0.3, -0.25) is 4.79 Å². The highest BCUT2D eigenvalue weighted by Crippen LogP contribution is 2.04. The molecule has 0 aromatic rings. The van der Waals surface area contributed by atoms with Crippen molar-refractivity contribution in [1.29, 1.82) is 0 Å². The summed E-state index contributed by atoms with van der Waals surface area (Å²) in [5.41, 5.74) is 0. The average molecular weight is 142 g/mol. The fraction of sp³-hybridized carbons (Fsp3) is 0.625. The summed E-state index contributed by atoms with van der Waals surface area (Å²) in [6, 6.07) is 0. The molecule has 10 heavy (non-hydrogen) atoms. The maximum Gasteiger partial charge on any atom is 0.146 e. The summed E-state index contributed by atoms with van der Waals surface area (Å²) in [5, 5.41) is 0. The van der Waals surface area contributed by atoms with Crippen molar-refractivity contribution in [2.75, 3.05) is 6.61 Å². The Bertz CT molecular complexity index is 108. The molecule has 0 heterocycles. The number of rotatable bonds is 5. The van der Waals surface area contributed by atoms with Crippen molar-refractivity contribution in [3.05, 3.63) is 11.8 Å². The van der Waals surface area contributed by atoms with Gasteiger partial charge in [0.05, 0.1) is 12.4 Å². The van der Waals surface area contributed by atoms with Crippen molar-refractivity contribution >= 4 is 6.29 Å². The first-order chi connectivity index (χ1) is 4.85. The minimum atomic E-state index is 0.639. The lowest BCUT2D eigenvalue weighted by Gasteiger charge is -2.04. The summed E-state index contributed by atoms with van der Waals surface area (Å²) in [6.07, 6.45) is 4.11. The number of hydrogen-bond acceptors (Lipinski definition) is 2. The third kappa shape index (κ3) is 4.13. The van der Waals surface area contributed by atoms with Crippen LogP contribution in [0, 0.1) is 0 Å². The van der Waals surface area contributed by atoms with E-state index in [2.05, 4.69) is 6.92 Å². The molecule has 0 aliphatic rings. The van der Waals surface area contributed by atoms with Crippen LogP contribution in [0.5, 0.6) is 0 Å². The van der Waals surface area contributed by atoms with Crippen LogP contribution in [0.4, 0.5) is 0 Å². The van der Waals surface area contributed by atoms with E-state index in [1.54, 1.807) is 0 Å². The van der Waals surface area contributed by atoms with Crippen LogP contribution in [0.1, 0.15) is 26.7 Å². The molecule has 0 N–H and O–H groups in total. The van der Waals surface area contributed by atoms with Crippen molar-refractivity contribution in [1.82, 2.24) is 0 Å². The van der Waals surface area contributed by atoms with Crippen LogP contribution in [0.2, 0.25) is 0 Å². The van der Waals surface area contributed by atoms with Gasteiger partial charge in [0.1, 0.15) is 6.29 Å². The van der Waals surface area contributed by atoms with E-state index in [0.29, 0.717) is 6.61 Å². The molecule has 2 heteroatoms. The molecule has 0 rings (SSSR count). The molecule has 2 nitrogen and oxygen atoms in total. The predicted molar refractivity (Wildman–Crippen MR) is 40.7 cm³/mol. The van der Waals surface area contributed by atoms with Gasteiger partial charge in [-0.1, -0.05) is 6.92 Å². The molecule has 0 aliphatic carbocycles. The summed E-state index contributed by atoms with van der Waals surface area (Å²) >= 11 is 0. The first-order valence-electron chi connectivity index (χ1n) is 3.62. The SMILES string of the molecule is CCCC(=CC=O)OCC. The Kier molecular flexibility index (Phi) is 5.83. The van der Waals surface area contributed by atoms with Crippen molar-refractivity contribution in [2.45, 2.75) is 26.7 Å². The molecular weight excluding hydrogens is 128 g/mol. The summed E-state index contributed by atoms with van der Waals surface area (Å²) in [4.78, 5) is 10.0. The van der Waals surface area contributed by atoms with Gasteiger partial charge in [0.25, 0.3) is 0 Å². The monoisotopic (exact) mass is 142 g/mol. The van der Waals surface area contributed by atoms with Crippen LogP contribution in [0.25, 0.3) is 0 Å². The van der Waals surface area contributed by atoms with E-state index in [1.807, 2.05) is 6.92 Å². The molecule has 0 aromatic heterocycles. The van der Waals surface area contributed by atoms with E-state index >= 15 is 0 Å². The standard InChI is InChI=1S/C8H14O2/c1-3-5-8(6-7-9)10-4-2/h6-7H,3-5H2,1-2H3. The summed E-state index contributed by atoms with van der Waals surface area (Å²) in [7, 11) is 0. The highest BCUT2D eigenvalue weighted by Gasteiger charge is 1.92. The fourth-order valence-corrected chi connectivity index (χ4v) is 0.711. The highest BCUT2D eigenvalue weighted by atomic mass is 16.5. The maximum atomic E-state index is 10.0. The van der Waals surface area contributed by atoms with Crippen LogP contribution in [0.15, 0.2) is 11.8 Å². The molecule has 0 saturated carbocycles. The minimum absolute atomic E-state index is 0.639. The second-order valence-corrected chi connectivity index (χ2v) is 1.95. The zero-order valence-corrected chi connectivity index (χ0v) is 6.59. The zero-order chi connectivity index (χ0) is 7.82. The van der Waals surface area contributed by atoms with E-state index in [-0.39, 0.29) is 0 Å². The molecule has 0 atom stereocenters.